The summed E-state index contributed by atoms with van der Waals surface area (Å²) in [4.78, 5) is 23.4. The maximum atomic E-state index is 11.8. The minimum atomic E-state index is -0.801. The summed E-state index contributed by atoms with van der Waals surface area (Å²) >= 11 is 1.57. The molecule has 1 heterocycles. The fraction of sp³-hybridized carbons (Fsp3) is 0.333. The van der Waals surface area contributed by atoms with Crippen molar-refractivity contribution in [2.24, 2.45) is 5.73 Å². The molecule has 0 spiro atoms. The molecule has 0 bridgehead atoms. The lowest BCUT2D eigenvalue weighted by atomic mass is 10.0. The van der Waals surface area contributed by atoms with Crippen LogP contribution in [0.3, 0.4) is 0 Å². The Bertz CT molecular complexity index is 1060. The molecule has 6 nitrogen and oxygen atoms in total. The summed E-state index contributed by atoms with van der Waals surface area (Å²) in [6.07, 6.45) is 1.72. The predicted molar refractivity (Wildman–Crippen MR) is 123 cm³/mol. The summed E-state index contributed by atoms with van der Waals surface area (Å²) < 4.78 is 7.13. The normalized spacial score (nSPS) is 12.1. The van der Waals surface area contributed by atoms with E-state index in [1.807, 2.05) is 42.7 Å². The first kappa shape index (κ1) is 22.9. The second-order valence-corrected chi connectivity index (χ2v) is 8.13. The second-order valence-electron chi connectivity index (χ2n) is 7.34. The lowest BCUT2D eigenvalue weighted by Crippen LogP contribution is -2.14. The van der Waals surface area contributed by atoms with Crippen LogP contribution in [0.1, 0.15) is 42.6 Å². The summed E-state index contributed by atoms with van der Waals surface area (Å²) in [7, 11) is 0. The van der Waals surface area contributed by atoms with Crippen LogP contribution in [0.15, 0.2) is 53.6 Å². The maximum absolute atomic E-state index is 11.8. The van der Waals surface area contributed by atoms with E-state index in [0.717, 1.165) is 27.1 Å². The number of fused-ring (bicyclic) bond motifs is 1. The molecule has 3 N–H and O–H groups in total. The molecular weight excluding hydrogens is 412 g/mol. The average Bonchev–Trinajstić information content (AvgIpc) is 3.04. The fourth-order valence-corrected chi connectivity index (χ4v) is 4.59. The highest BCUT2D eigenvalue weighted by atomic mass is 32.2. The number of esters is 1. The van der Waals surface area contributed by atoms with Gasteiger partial charge in [0.05, 0.1) is 24.2 Å². The number of hydrogen-bond acceptors (Lipinski definition) is 5. The van der Waals surface area contributed by atoms with Gasteiger partial charge in [0, 0.05) is 29.4 Å². The quantitative estimate of drug-likeness (QED) is 0.369. The first-order valence-electron chi connectivity index (χ1n) is 10.3. The molecule has 0 saturated carbocycles. The molecule has 1 aromatic heterocycles. The van der Waals surface area contributed by atoms with Crippen molar-refractivity contribution in [3.05, 3.63) is 65.2 Å². The molecule has 0 aliphatic carbocycles. The first-order chi connectivity index (χ1) is 14.9. The van der Waals surface area contributed by atoms with Crippen LogP contribution in [0.5, 0.6) is 0 Å². The van der Waals surface area contributed by atoms with Gasteiger partial charge in [-0.25, -0.2) is 0 Å². The monoisotopic (exact) mass is 440 g/mol. The Labute approximate surface area is 186 Å². The summed E-state index contributed by atoms with van der Waals surface area (Å²) in [5, 5.41) is 12.5. The van der Waals surface area contributed by atoms with Gasteiger partial charge in [0.25, 0.3) is 0 Å². The van der Waals surface area contributed by atoms with E-state index in [0.29, 0.717) is 18.7 Å². The number of ether oxygens (including phenoxy) is 1. The number of primary amides is 1. The third-order valence-corrected chi connectivity index (χ3v) is 6.03. The standard InChI is InChI=1S/C24H28N2O4S/c1-3-30-23(29)12-11-21(27)17-9-10-20-18(13-17)19(14-22(25)28)24(31-2)26(20)15-16-7-5-4-6-8-16/h4-10,13,21,27H,3,11-12,14-15H2,1-2H3,(H2,25,28). The Morgan fingerprint density at radius 3 is 2.58 bits per heavy atom. The number of benzene rings is 2. The van der Waals surface area contributed by atoms with E-state index in [2.05, 4.69) is 16.7 Å². The van der Waals surface area contributed by atoms with Crippen molar-refractivity contribution >= 4 is 34.5 Å². The van der Waals surface area contributed by atoms with Crippen molar-refractivity contribution in [1.82, 2.24) is 4.57 Å². The van der Waals surface area contributed by atoms with Gasteiger partial charge in [-0.3, -0.25) is 9.59 Å². The lowest BCUT2D eigenvalue weighted by Gasteiger charge is -2.12. The Balaban J connectivity index is 2.01. The number of amides is 1. The van der Waals surface area contributed by atoms with E-state index < -0.39 is 12.0 Å². The smallest absolute Gasteiger partial charge is 0.305 e. The first-order valence-corrected chi connectivity index (χ1v) is 11.5. The van der Waals surface area contributed by atoms with E-state index in [1.165, 1.54) is 0 Å². The van der Waals surface area contributed by atoms with Crippen LogP contribution in [-0.4, -0.2) is 34.4 Å². The molecule has 0 aliphatic rings. The summed E-state index contributed by atoms with van der Waals surface area (Å²) in [6, 6.07) is 15.9. The van der Waals surface area contributed by atoms with Gasteiger partial charge in [-0.2, -0.15) is 0 Å². The number of aliphatic hydroxyl groups is 1. The number of nitrogens with two attached hydrogens (primary N) is 1. The molecule has 1 atom stereocenters. The van der Waals surface area contributed by atoms with Crippen LogP contribution in [0.4, 0.5) is 0 Å². The molecule has 0 saturated heterocycles. The van der Waals surface area contributed by atoms with E-state index in [4.69, 9.17) is 10.5 Å². The van der Waals surface area contributed by atoms with E-state index in [9.17, 15) is 14.7 Å². The highest BCUT2D eigenvalue weighted by Crippen LogP contribution is 2.35. The van der Waals surface area contributed by atoms with Crippen LogP contribution in [0.25, 0.3) is 10.9 Å². The van der Waals surface area contributed by atoms with Crippen molar-refractivity contribution < 1.29 is 19.4 Å². The van der Waals surface area contributed by atoms with Gasteiger partial charge in [0.2, 0.25) is 5.91 Å². The van der Waals surface area contributed by atoms with Gasteiger partial charge in [-0.15, -0.1) is 11.8 Å². The van der Waals surface area contributed by atoms with Gasteiger partial charge in [0.15, 0.2) is 0 Å². The number of carbonyl (C=O) groups excluding carboxylic acids is 2. The van der Waals surface area contributed by atoms with Gasteiger partial charge in [-0.05, 0) is 42.9 Å². The molecule has 0 fully saturated rings. The predicted octanol–water partition coefficient (Wildman–Crippen LogP) is 3.82. The zero-order valence-corrected chi connectivity index (χ0v) is 18.7. The molecule has 1 unspecified atom stereocenters. The van der Waals surface area contributed by atoms with E-state index in [1.54, 1.807) is 18.7 Å². The van der Waals surface area contributed by atoms with Crippen LogP contribution in [0.2, 0.25) is 0 Å². The number of carbonyl (C=O) groups is 2. The minimum absolute atomic E-state index is 0.122. The number of nitrogens with zero attached hydrogens (tertiary/aromatic N) is 1. The van der Waals surface area contributed by atoms with Crippen molar-refractivity contribution in [1.29, 1.82) is 0 Å². The number of rotatable bonds is 10. The molecule has 3 aromatic rings. The van der Waals surface area contributed by atoms with Gasteiger partial charge in [0.1, 0.15) is 0 Å². The SMILES string of the molecule is CCOC(=O)CCC(O)c1ccc2c(c1)c(CC(N)=O)c(SC)n2Cc1ccccc1. The van der Waals surface area contributed by atoms with Crippen LogP contribution < -0.4 is 5.73 Å². The second kappa shape index (κ2) is 10.5. The van der Waals surface area contributed by atoms with Crippen molar-refractivity contribution in [3.63, 3.8) is 0 Å². The molecule has 0 radical (unpaired) electrons. The highest BCUT2D eigenvalue weighted by Gasteiger charge is 2.20. The lowest BCUT2D eigenvalue weighted by molar-refractivity contribution is -0.143. The molecule has 0 aliphatic heterocycles. The number of aliphatic hydroxyl groups excluding tert-OH is 1. The Kier molecular flexibility index (Phi) is 7.76. The molecule has 164 valence electrons. The number of aromatic nitrogens is 1. The van der Waals surface area contributed by atoms with Crippen molar-refractivity contribution in [2.75, 3.05) is 12.9 Å². The van der Waals surface area contributed by atoms with E-state index >= 15 is 0 Å². The number of hydrogen-bond donors (Lipinski definition) is 2. The van der Waals surface area contributed by atoms with Crippen LogP contribution in [-0.2, 0) is 27.3 Å². The zero-order valence-electron chi connectivity index (χ0n) is 17.8. The maximum Gasteiger partial charge on any atom is 0.305 e. The third-order valence-electron chi connectivity index (χ3n) is 5.18. The molecule has 2 aromatic carbocycles. The Morgan fingerprint density at radius 1 is 1.19 bits per heavy atom. The highest BCUT2D eigenvalue weighted by molar-refractivity contribution is 7.98. The summed E-state index contributed by atoms with van der Waals surface area (Å²) in [6.45, 7) is 2.74. The van der Waals surface area contributed by atoms with Crippen LogP contribution >= 0.6 is 11.8 Å². The molecule has 1 amide bonds. The topological polar surface area (TPSA) is 94.6 Å². The molecule has 3 rings (SSSR count). The van der Waals surface area contributed by atoms with Crippen LogP contribution in [0, 0.1) is 0 Å². The van der Waals surface area contributed by atoms with E-state index in [-0.39, 0.29) is 25.2 Å². The Morgan fingerprint density at radius 2 is 1.94 bits per heavy atom. The van der Waals surface area contributed by atoms with Gasteiger partial charge < -0.3 is 20.1 Å². The van der Waals surface area contributed by atoms with Gasteiger partial charge in [-0.1, -0.05) is 36.4 Å². The molecule has 31 heavy (non-hydrogen) atoms. The molecule has 7 heteroatoms. The van der Waals surface area contributed by atoms with Crippen molar-refractivity contribution in [2.45, 2.75) is 43.9 Å². The van der Waals surface area contributed by atoms with Gasteiger partial charge >= 0.3 is 5.97 Å². The van der Waals surface area contributed by atoms with Crippen molar-refractivity contribution in [3.8, 4) is 0 Å². The molecular formula is C24H28N2O4S. The number of thioether (sulfide) groups is 1. The Hall–Kier alpha value is -2.77. The average molecular weight is 441 g/mol. The zero-order chi connectivity index (χ0) is 22.4. The summed E-state index contributed by atoms with van der Waals surface area (Å²) in [5.41, 5.74) is 9.25. The fourth-order valence-electron chi connectivity index (χ4n) is 3.78. The third kappa shape index (κ3) is 5.48. The largest absolute Gasteiger partial charge is 0.466 e. The summed E-state index contributed by atoms with van der Waals surface area (Å²) in [5.74, 6) is -0.724. The minimum Gasteiger partial charge on any atom is -0.466 e.